The first-order valence-electron chi connectivity index (χ1n) is 7.73. The Balaban J connectivity index is 2.07. The molecule has 0 fully saturated rings. The number of carbonyl (C=O) groups excluding carboxylic acids is 1. The fourth-order valence-electron chi connectivity index (χ4n) is 2.44. The van der Waals surface area contributed by atoms with Gasteiger partial charge in [-0.1, -0.05) is 22.9 Å². The number of pyridine rings is 1. The van der Waals surface area contributed by atoms with E-state index in [0.717, 1.165) is 0 Å². The molecule has 1 amide bonds. The first-order chi connectivity index (χ1) is 13.3. The second-order valence-corrected chi connectivity index (χ2v) is 6.93. The molecule has 0 aliphatic heterocycles. The van der Waals surface area contributed by atoms with Crippen molar-refractivity contribution >= 4 is 34.0 Å². The fraction of sp³-hybridized carbons (Fsp3) is 0.176. The van der Waals surface area contributed by atoms with E-state index >= 15 is 0 Å². The third-order valence-electron chi connectivity index (χ3n) is 3.68. The predicted molar refractivity (Wildman–Crippen MR) is 98.7 cm³/mol. The molecule has 0 radical (unpaired) electrons. The summed E-state index contributed by atoms with van der Waals surface area (Å²) in [4.78, 5) is 16.8. The van der Waals surface area contributed by atoms with E-state index < -0.39 is 23.2 Å². The van der Waals surface area contributed by atoms with Crippen LogP contribution in [0.3, 0.4) is 0 Å². The highest BCUT2D eigenvalue weighted by Gasteiger charge is 2.23. The predicted octanol–water partition coefficient (Wildman–Crippen LogP) is 4.90. The van der Waals surface area contributed by atoms with Crippen LogP contribution >= 0.6 is 22.9 Å². The monoisotopic (exact) mass is 428 g/mol. The van der Waals surface area contributed by atoms with Crippen LogP contribution < -0.4 is 10.1 Å². The van der Waals surface area contributed by atoms with Crippen LogP contribution in [0.25, 0.3) is 11.1 Å². The molecule has 1 aromatic carbocycles. The summed E-state index contributed by atoms with van der Waals surface area (Å²) in [5.74, 6) is -1.32. The standard InChI is InChI=1S/C17H12ClF3N4O2S/c1-7-5-8(12-11(27-2)4-3-10(18)13(12)19)9(6-22-7)15(26)23-17-25-24-16(28-17)14(20)21/h3-6,14H,1-2H3,(H,23,25,26). The van der Waals surface area contributed by atoms with Crippen molar-refractivity contribution in [3.63, 3.8) is 0 Å². The molecule has 146 valence electrons. The summed E-state index contributed by atoms with van der Waals surface area (Å²) in [5, 5.41) is 8.38. The van der Waals surface area contributed by atoms with E-state index in [-0.39, 0.29) is 32.6 Å². The second kappa shape index (κ2) is 8.11. The highest BCUT2D eigenvalue weighted by atomic mass is 35.5. The highest BCUT2D eigenvalue weighted by molar-refractivity contribution is 7.15. The summed E-state index contributed by atoms with van der Waals surface area (Å²) in [6.07, 6.45) is -1.56. The van der Waals surface area contributed by atoms with Gasteiger partial charge in [0.2, 0.25) is 5.13 Å². The summed E-state index contributed by atoms with van der Waals surface area (Å²) in [5.41, 5.74) is 0.666. The van der Waals surface area contributed by atoms with Crippen LogP contribution in [0.5, 0.6) is 5.75 Å². The molecule has 11 heteroatoms. The van der Waals surface area contributed by atoms with Gasteiger partial charge in [0.25, 0.3) is 12.3 Å². The Hall–Kier alpha value is -2.72. The maximum Gasteiger partial charge on any atom is 0.291 e. The lowest BCUT2D eigenvalue weighted by molar-refractivity contribution is 0.102. The SMILES string of the molecule is COc1ccc(Cl)c(F)c1-c1cc(C)ncc1C(=O)Nc1nnc(C(F)F)s1. The number of carbonyl (C=O) groups is 1. The zero-order valence-electron chi connectivity index (χ0n) is 14.5. The van der Waals surface area contributed by atoms with Crippen LogP contribution in [-0.4, -0.2) is 28.2 Å². The zero-order valence-corrected chi connectivity index (χ0v) is 16.0. The van der Waals surface area contributed by atoms with Gasteiger partial charge in [-0.2, -0.15) is 0 Å². The van der Waals surface area contributed by atoms with Crippen LogP contribution in [0.1, 0.15) is 27.5 Å². The molecule has 0 saturated carbocycles. The van der Waals surface area contributed by atoms with E-state index in [2.05, 4.69) is 20.5 Å². The molecule has 0 spiro atoms. The summed E-state index contributed by atoms with van der Waals surface area (Å²) < 4.78 is 45.3. The number of rotatable bonds is 5. The van der Waals surface area contributed by atoms with Crippen LogP contribution in [-0.2, 0) is 0 Å². The second-order valence-electron chi connectivity index (χ2n) is 5.51. The van der Waals surface area contributed by atoms with Crippen LogP contribution in [0, 0.1) is 12.7 Å². The van der Waals surface area contributed by atoms with Crippen molar-refractivity contribution in [3.8, 4) is 16.9 Å². The van der Waals surface area contributed by atoms with Crippen LogP contribution in [0.2, 0.25) is 5.02 Å². The van der Waals surface area contributed by atoms with Gasteiger partial charge in [0.05, 0.1) is 23.3 Å². The minimum atomic E-state index is -2.80. The molecule has 3 aromatic rings. The van der Waals surface area contributed by atoms with E-state index in [4.69, 9.17) is 16.3 Å². The van der Waals surface area contributed by atoms with Crippen molar-refractivity contribution < 1.29 is 22.7 Å². The third-order valence-corrected chi connectivity index (χ3v) is 4.82. The van der Waals surface area contributed by atoms with E-state index in [1.165, 1.54) is 31.5 Å². The number of aromatic nitrogens is 3. The van der Waals surface area contributed by atoms with Crippen molar-refractivity contribution in [1.82, 2.24) is 15.2 Å². The fourth-order valence-corrected chi connectivity index (χ4v) is 3.19. The van der Waals surface area contributed by atoms with Crippen LogP contribution in [0.4, 0.5) is 18.3 Å². The van der Waals surface area contributed by atoms with Crippen molar-refractivity contribution in [2.75, 3.05) is 12.4 Å². The largest absolute Gasteiger partial charge is 0.496 e. The Morgan fingerprint density at radius 1 is 1.32 bits per heavy atom. The topological polar surface area (TPSA) is 77.0 Å². The minimum Gasteiger partial charge on any atom is -0.496 e. The first kappa shape index (κ1) is 20.0. The smallest absolute Gasteiger partial charge is 0.291 e. The Labute approximate surface area is 166 Å². The van der Waals surface area contributed by atoms with Crippen LogP contribution in [0.15, 0.2) is 24.4 Å². The summed E-state index contributed by atoms with van der Waals surface area (Å²) in [6.45, 7) is 1.67. The third kappa shape index (κ3) is 3.92. The number of hydrogen-bond donors (Lipinski definition) is 1. The molecule has 0 saturated heterocycles. The van der Waals surface area contributed by atoms with E-state index in [9.17, 15) is 18.0 Å². The molecule has 0 aliphatic carbocycles. The number of anilines is 1. The average Bonchev–Trinajstić information content (AvgIpc) is 3.12. The summed E-state index contributed by atoms with van der Waals surface area (Å²) >= 11 is 6.43. The van der Waals surface area contributed by atoms with E-state index in [1.807, 2.05) is 0 Å². The molecule has 0 bridgehead atoms. The number of nitrogens with one attached hydrogen (secondary N) is 1. The normalized spacial score (nSPS) is 11.0. The molecule has 0 atom stereocenters. The number of halogens is 4. The molecule has 2 aromatic heterocycles. The molecule has 28 heavy (non-hydrogen) atoms. The molecule has 1 N–H and O–H groups in total. The highest BCUT2D eigenvalue weighted by Crippen LogP contribution is 2.38. The summed E-state index contributed by atoms with van der Waals surface area (Å²) in [7, 11) is 1.35. The Kier molecular flexibility index (Phi) is 5.80. The lowest BCUT2D eigenvalue weighted by Gasteiger charge is -2.14. The number of methoxy groups -OCH3 is 1. The summed E-state index contributed by atoms with van der Waals surface area (Å²) in [6, 6.07) is 4.30. The maximum absolute atomic E-state index is 14.8. The van der Waals surface area contributed by atoms with Crippen molar-refractivity contribution in [2.45, 2.75) is 13.3 Å². The number of hydrogen-bond acceptors (Lipinski definition) is 6. The number of ether oxygens (including phenoxy) is 1. The number of nitrogens with zero attached hydrogens (tertiary/aromatic N) is 3. The van der Waals surface area contributed by atoms with Gasteiger partial charge in [0.1, 0.15) is 5.75 Å². The molecule has 3 rings (SSSR count). The van der Waals surface area contributed by atoms with Gasteiger partial charge in [-0.3, -0.25) is 15.1 Å². The molecule has 0 aliphatic rings. The maximum atomic E-state index is 14.8. The van der Waals surface area contributed by atoms with Gasteiger partial charge < -0.3 is 4.74 Å². The van der Waals surface area contributed by atoms with Gasteiger partial charge in [0, 0.05) is 17.5 Å². The molecule has 0 unspecified atom stereocenters. The van der Waals surface area contributed by atoms with Gasteiger partial charge in [-0.25, -0.2) is 13.2 Å². The Morgan fingerprint density at radius 2 is 2.07 bits per heavy atom. The van der Waals surface area contributed by atoms with Gasteiger partial charge >= 0.3 is 0 Å². The molecule has 6 nitrogen and oxygen atoms in total. The number of amides is 1. The molecule has 2 heterocycles. The van der Waals surface area contributed by atoms with Gasteiger partial charge in [-0.05, 0) is 25.1 Å². The van der Waals surface area contributed by atoms with Gasteiger partial charge in [0.15, 0.2) is 10.8 Å². The number of aryl methyl sites for hydroxylation is 1. The lowest BCUT2D eigenvalue weighted by Crippen LogP contribution is -2.14. The quantitative estimate of drug-likeness (QED) is 0.625. The first-order valence-corrected chi connectivity index (χ1v) is 8.93. The Morgan fingerprint density at radius 3 is 2.71 bits per heavy atom. The molecular formula is C17H12ClF3N4O2S. The van der Waals surface area contributed by atoms with E-state index in [1.54, 1.807) is 6.92 Å². The molecular weight excluding hydrogens is 417 g/mol. The minimum absolute atomic E-state index is 0.0149. The lowest BCUT2D eigenvalue weighted by atomic mass is 9.98. The van der Waals surface area contributed by atoms with Crippen molar-refractivity contribution in [2.24, 2.45) is 0 Å². The van der Waals surface area contributed by atoms with Crippen molar-refractivity contribution in [3.05, 3.63) is 51.5 Å². The average molecular weight is 429 g/mol. The number of benzene rings is 1. The van der Waals surface area contributed by atoms with Gasteiger partial charge in [-0.15, -0.1) is 10.2 Å². The van der Waals surface area contributed by atoms with E-state index in [0.29, 0.717) is 17.0 Å². The van der Waals surface area contributed by atoms with Crippen molar-refractivity contribution in [1.29, 1.82) is 0 Å². The zero-order chi connectivity index (χ0) is 20.4. The number of alkyl halides is 2. The Bertz CT molecular complexity index is 1050.